The fraction of sp³-hybridized carbons (Fsp3) is 0.200. The monoisotopic (exact) mass is 353 g/mol. The van der Waals surface area contributed by atoms with E-state index in [2.05, 4.69) is 15.9 Å². The Bertz CT molecular complexity index is 676. The van der Waals surface area contributed by atoms with Gasteiger partial charge in [0.25, 0.3) is 5.69 Å². The van der Waals surface area contributed by atoms with Gasteiger partial charge in [0.2, 0.25) is 0 Å². The van der Waals surface area contributed by atoms with Crippen molar-refractivity contribution in [3.8, 4) is 5.75 Å². The molecule has 21 heavy (non-hydrogen) atoms. The first kappa shape index (κ1) is 15.4. The van der Waals surface area contributed by atoms with Crippen LogP contribution in [-0.4, -0.2) is 4.92 Å². The minimum Gasteiger partial charge on any atom is -0.489 e. The van der Waals surface area contributed by atoms with Crippen molar-refractivity contribution in [3.05, 3.63) is 69.0 Å². The molecule has 0 amide bonds. The number of benzene rings is 2. The van der Waals surface area contributed by atoms with Crippen LogP contribution in [0.2, 0.25) is 0 Å². The molecule has 2 aromatic carbocycles. The smallest absolute Gasteiger partial charge is 0.272 e. The molecule has 6 heteroatoms. The summed E-state index contributed by atoms with van der Waals surface area (Å²) in [6.45, 7) is 2.05. The van der Waals surface area contributed by atoms with E-state index >= 15 is 0 Å². The molecular formula is C15H13BrFNO3. The number of hydrogen-bond acceptors (Lipinski definition) is 3. The molecule has 2 rings (SSSR count). The molecule has 0 aliphatic rings. The zero-order valence-electron chi connectivity index (χ0n) is 11.3. The van der Waals surface area contributed by atoms with Gasteiger partial charge in [0.05, 0.1) is 11.0 Å². The van der Waals surface area contributed by atoms with E-state index in [-0.39, 0.29) is 12.3 Å². The number of ether oxygens (including phenoxy) is 1. The lowest BCUT2D eigenvalue weighted by Gasteiger charge is -2.11. The number of aryl methyl sites for hydroxylation is 1. The number of alkyl halides is 1. The van der Waals surface area contributed by atoms with Crippen LogP contribution in [0, 0.1) is 22.9 Å². The fourth-order valence-electron chi connectivity index (χ4n) is 1.94. The molecular weight excluding hydrogens is 341 g/mol. The van der Waals surface area contributed by atoms with Crippen LogP contribution >= 0.6 is 15.9 Å². The van der Waals surface area contributed by atoms with Crippen molar-refractivity contribution in [3.63, 3.8) is 0 Å². The summed E-state index contributed by atoms with van der Waals surface area (Å²) in [6.07, 6.45) is 0. The average molecular weight is 354 g/mol. The molecule has 0 radical (unpaired) electrons. The van der Waals surface area contributed by atoms with Crippen LogP contribution in [0.4, 0.5) is 10.1 Å². The summed E-state index contributed by atoms with van der Waals surface area (Å²) in [4.78, 5) is 10.1. The summed E-state index contributed by atoms with van der Waals surface area (Å²) < 4.78 is 19.0. The van der Waals surface area contributed by atoms with Gasteiger partial charge in [-0.2, -0.15) is 0 Å². The lowest BCUT2D eigenvalue weighted by atomic mass is 10.1. The quantitative estimate of drug-likeness (QED) is 0.451. The van der Waals surface area contributed by atoms with E-state index in [1.807, 2.05) is 25.1 Å². The molecule has 0 aliphatic heterocycles. The molecule has 2 aromatic rings. The van der Waals surface area contributed by atoms with E-state index in [4.69, 9.17) is 4.74 Å². The lowest BCUT2D eigenvalue weighted by molar-refractivity contribution is -0.385. The van der Waals surface area contributed by atoms with Crippen LogP contribution in [0.1, 0.15) is 16.7 Å². The van der Waals surface area contributed by atoms with Gasteiger partial charge in [0, 0.05) is 17.0 Å². The van der Waals surface area contributed by atoms with E-state index in [0.29, 0.717) is 16.6 Å². The summed E-state index contributed by atoms with van der Waals surface area (Å²) in [5, 5.41) is 11.3. The third-order valence-electron chi connectivity index (χ3n) is 2.91. The van der Waals surface area contributed by atoms with Crippen molar-refractivity contribution in [1.82, 2.24) is 0 Å². The van der Waals surface area contributed by atoms with Gasteiger partial charge in [0.15, 0.2) is 0 Å². The molecule has 0 aliphatic carbocycles. The van der Waals surface area contributed by atoms with Crippen molar-refractivity contribution in [2.75, 3.05) is 0 Å². The second-order valence-corrected chi connectivity index (χ2v) is 5.17. The summed E-state index contributed by atoms with van der Waals surface area (Å²) >= 11 is 3.38. The van der Waals surface area contributed by atoms with E-state index in [1.54, 1.807) is 0 Å². The first-order chi connectivity index (χ1) is 9.99. The highest BCUT2D eigenvalue weighted by Gasteiger charge is 2.11. The summed E-state index contributed by atoms with van der Waals surface area (Å²) in [7, 11) is 0. The van der Waals surface area contributed by atoms with E-state index in [0.717, 1.165) is 17.2 Å². The highest BCUT2D eigenvalue weighted by atomic mass is 79.9. The maximum atomic E-state index is 13.3. The van der Waals surface area contributed by atoms with Crippen LogP contribution in [0.5, 0.6) is 5.75 Å². The molecule has 0 saturated heterocycles. The molecule has 110 valence electrons. The Morgan fingerprint density at radius 1 is 1.29 bits per heavy atom. The van der Waals surface area contributed by atoms with Crippen molar-refractivity contribution in [2.24, 2.45) is 0 Å². The predicted octanol–water partition coefficient (Wildman–Crippen LogP) is 4.52. The Kier molecular flexibility index (Phi) is 4.90. The lowest BCUT2D eigenvalue weighted by Crippen LogP contribution is -2.00. The van der Waals surface area contributed by atoms with Crippen LogP contribution in [0.25, 0.3) is 0 Å². The van der Waals surface area contributed by atoms with E-state index < -0.39 is 10.7 Å². The molecule has 0 heterocycles. The minimum absolute atomic E-state index is 0.0711. The number of nitro groups is 1. The van der Waals surface area contributed by atoms with Crippen LogP contribution in [0.15, 0.2) is 36.4 Å². The van der Waals surface area contributed by atoms with Gasteiger partial charge < -0.3 is 4.74 Å². The average Bonchev–Trinajstić information content (AvgIpc) is 2.45. The third-order valence-corrected chi connectivity index (χ3v) is 3.51. The Balaban J connectivity index is 2.18. The van der Waals surface area contributed by atoms with Gasteiger partial charge >= 0.3 is 0 Å². The fourth-order valence-corrected chi connectivity index (χ4v) is 2.37. The Hall–Kier alpha value is -1.95. The number of non-ortho nitro benzene ring substituents is 1. The van der Waals surface area contributed by atoms with Gasteiger partial charge in [-0.05, 0) is 24.6 Å². The minimum atomic E-state index is -0.646. The molecule has 0 atom stereocenters. The maximum absolute atomic E-state index is 13.3. The van der Waals surface area contributed by atoms with Crippen LogP contribution < -0.4 is 4.74 Å². The van der Waals surface area contributed by atoms with E-state index in [9.17, 15) is 14.5 Å². The molecule has 0 spiro atoms. The zero-order valence-corrected chi connectivity index (χ0v) is 12.9. The number of nitro benzene ring substituents is 1. The van der Waals surface area contributed by atoms with Gasteiger partial charge in [-0.15, -0.1) is 0 Å². The van der Waals surface area contributed by atoms with Crippen molar-refractivity contribution in [2.45, 2.75) is 18.9 Å². The standard InChI is InChI=1S/C15H13BrFNO3/c1-10-2-3-15(12(4-10)8-16)21-9-11-5-13(17)7-14(6-11)18(19)20/h2-7H,8-9H2,1H3. The summed E-state index contributed by atoms with van der Waals surface area (Å²) in [5.41, 5.74) is 2.22. The molecule has 0 aromatic heterocycles. The Morgan fingerprint density at radius 2 is 2.05 bits per heavy atom. The SMILES string of the molecule is Cc1ccc(OCc2cc(F)cc([N+](=O)[O-])c2)c(CBr)c1. The highest BCUT2D eigenvalue weighted by Crippen LogP contribution is 2.24. The number of halogens is 2. The van der Waals surface area contributed by atoms with Crippen molar-refractivity contribution < 1.29 is 14.1 Å². The first-order valence-electron chi connectivity index (χ1n) is 6.21. The normalized spacial score (nSPS) is 10.4. The van der Waals surface area contributed by atoms with Crippen molar-refractivity contribution >= 4 is 21.6 Å². The second kappa shape index (κ2) is 6.67. The van der Waals surface area contributed by atoms with Crippen LogP contribution in [-0.2, 0) is 11.9 Å². The van der Waals surface area contributed by atoms with Gasteiger partial charge in [-0.3, -0.25) is 10.1 Å². The molecule has 4 nitrogen and oxygen atoms in total. The molecule has 0 saturated carbocycles. The number of nitrogens with zero attached hydrogens (tertiary/aromatic N) is 1. The largest absolute Gasteiger partial charge is 0.489 e. The molecule has 0 N–H and O–H groups in total. The summed E-state index contributed by atoms with van der Waals surface area (Å²) in [6, 6.07) is 9.16. The zero-order chi connectivity index (χ0) is 15.4. The third kappa shape index (κ3) is 4.01. The van der Waals surface area contributed by atoms with Gasteiger partial charge in [0.1, 0.15) is 18.2 Å². The first-order valence-corrected chi connectivity index (χ1v) is 7.34. The maximum Gasteiger partial charge on any atom is 0.272 e. The Morgan fingerprint density at radius 3 is 2.71 bits per heavy atom. The summed E-state index contributed by atoms with van der Waals surface area (Å²) in [5.74, 6) is 0.0248. The Labute approximate surface area is 129 Å². The van der Waals surface area contributed by atoms with Gasteiger partial charge in [-0.25, -0.2) is 4.39 Å². The van der Waals surface area contributed by atoms with Gasteiger partial charge in [-0.1, -0.05) is 33.6 Å². The second-order valence-electron chi connectivity index (χ2n) is 4.61. The van der Waals surface area contributed by atoms with Crippen molar-refractivity contribution in [1.29, 1.82) is 0 Å². The molecule has 0 unspecified atom stereocenters. The van der Waals surface area contributed by atoms with Crippen LogP contribution in [0.3, 0.4) is 0 Å². The number of hydrogen-bond donors (Lipinski definition) is 0. The van der Waals surface area contributed by atoms with E-state index in [1.165, 1.54) is 12.1 Å². The number of rotatable bonds is 5. The molecule has 0 fully saturated rings. The molecule has 0 bridgehead atoms. The topological polar surface area (TPSA) is 52.4 Å². The predicted molar refractivity (Wildman–Crippen MR) is 81.2 cm³/mol. The highest BCUT2D eigenvalue weighted by molar-refractivity contribution is 9.08.